The van der Waals surface area contributed by atoms with E-state index in [9.17, 15) is 9.59 Å². The van der Waals surface area contributed by atoms with Crippen molar-refractivity contribution in [2.75, 3.05) is 6.61 Å². The SMILES string of the molecule is CCOc1ccc(-n2nc(C(=O)O)[nH]c2=O)cc1. The van der Waals surface area contributed by atoms with Crippen LogP contribution in [0.3, 0.4) is 0 Å². The highest BCUT2D eigenvalue weighted by Crippen LogP contribution is 2.13. The molecule has 1 heterocycles. The molecule has 0 fully saturated rings. The topological polar surface area (TPSA) is 97.2 Å². The molecule has 2 N–H and O–H groups in total. The summed E-state index contributed by atoms with van der Waals surface area (Å²) in [7, 11) is 0. The lowest BCUT2D eigenvalue weighted by molar-refractivity contribution is 0.0683. The second-order valence-corrected chi connectivity index (χ2v) is 3.42. The smallest absolute Gasteiger partial charge is 0.373 e. The maximum atomic E-state index is 11.5. The molecule has 0 amide bonds. The lowest BCUT2D eigenvalue weighted by atomic mass is 10.3. The normalized spacial score (nSPS) is 10.3. The standard InChI is InChI=1S/C11H11N3O4/c1-2-18-8-5-3-7(4-6-8)14-11(17)12-9(13-14)10(15)16/h3-6H,2H2,1H3,(H,15,16)(H,12,13,17). The van der Waals surface area contributed by atoms with Crippen molar-refractivity contribution in [2.45, 2.75) is 6.92 Å². The van der Waals surface area contributed by atoms with Gasteiger partial charge in [0.1, 0.15) is 5.75 Å². The molecular formula is C11H11N3O4. The van der Waals surface area contributed by atoms with Crippen LogP contribution in [0.4, 0.5) is 0 Å². The molecule has 0 bridgehead atoms. The predicted molar refractivity (Wildman–Crippen MR) is 62.3 cm³/mol. The number of nitrogens with one attached hydrogen (secondary N) is 1. The summed E-state index contributed by atoms with van der Waals surface area (Å²) < 4.78 is 6.25. The van der Waals surface area contributed by atoms with Crippen LogP contribution in [0.15, 0.2) is 29.1 Å². The minimum absolute atomic E-state index is 0.395. The molecule has 2 rings (SSSR count). The van der Waals surface area contributed by atoms with E-state index in [1.165, 1.54) is 0 Å². The molecule has 1 aromatic heterocycles. The van der Waals surface area contributed by atoms with Gasteiger partial charge >= 0.3 is 11.7 Å². The van der Waals surface area contributed by atoms with Crippen molar-refractivity contribution in [1.29, 1.82) is 0 Å². The van der Waals surface area contributed by atoms with Crippen LogP contribution in [0.1, 0.15) is 17.5 Å². The molecule has 2 aromatic rings. The number of aromatic amines is 1. The highest BCUT2D eigenvalue weighted by atomic mass is 16.5. The van der Waals surface area contributed by atoms with Crippen LogP contribution >= 0.6 is 0 Å². The molecule has 0 aliphatic rings. The van der Waals surface area contributed by atoms with Crippen LogP contribution in [0.25, 0.3) is 5.69 Å². The van der Waals surface area contributed by atoms with Gasteiger partial charge in [-0.05, 0) is 31.2 Å². The van der Waals surface area contributed by atoms with Crippen LogP contribution in [0.2, 0.25) is 0 Å². The van der Waals surface area contributed by atoms with Gasteiger partial charge in [-0.25, -0.2) is 9.59 Å². The van der Waals surface area contributed by atoms with Crippen molar-refractivity contribution >= 4 is 5.97 Å². The number of carbonyl (C=O) groups is 1. The van der Waals surface area contributed by atoms with E-state index in [1.807, 2.05) is 6.92 Å². The van der Waals surface area contributed by atoms with Crippen molar-refractivity contribution < 1.29 is 14.6 Å². The van der Waals surface area contributed by atoms with Crippen LogP contribution in [-0.4, -0.2) is 32.4 Å². The third-order valence-electron chi connectivity index (χ3n) is 2.21. The summed E-state index contributed by atoms with van der Waals surface area (Å²) in [6, 6.07) is 6.61. The zero-order valence-electron chi connectivity index (χ0n) is 9.58. The van der Waals surface area contributed by atoms with Gasteiger partial charge in [0.25, 0.3) is 0 Å². The van der Waals surface area contributed by atoms with Crippen molar-refractivity contribution in [3.05, 3.63) is 40.6 Å². The Hall–Kier alpha value is -2.57. The summed E-state index contributed by atoms with van der Waals surface area (Å²) in [4.78, 5) is 24.3. The first-order valence-corrected chi connectivity index (χ1v) is 5.27. The molecule has 0 aliphatic heterocycles. The quantitative estimate of drug-likeness (QED) is 0.829. The van der Waals surface area contributed by atoms with Gasteiger partial charge in [-0.2, -0.15) is 4.68 Å². The number of H-pyrrole nitrogens is 1. The van der Waals surface area contributed by atoms with Gasteiger partial charge in [-0.1, -0.05) is 0 Å². The largest absolute Gasteiger partial charge is 0.494 e. The summed E-state index contributed by atoms with van der Waals surface area (Å²) >= 11 is 0. The fourth-order valence-electron chi connectivity index (χ4n) is 1.45. The molecule has 94 valence electrons. The zero-order chi connectivity index (χ0) is 13.1. The average Bonchev–Trinajstić information content (AvgIpc) is 2.73. The zero-order valence-corrected chi connectivity index (χ0v) is 9.58. The van der Waals surface area contributed by atoms with Gasteiger partial charge in [-0.3, -0.25) is 4.98 Å². The number of benzene rings is 1. The Morgan fingerprint density at radius 3 is 2.61 bits per heavy atom. The van der Waals surface area contributed by atoms with E-state index >= 15 is 0 Å². The Morgan fingerprint density at radius 2 is 2.11 bits per heavy atom. The number of carboxylic acid groups (broad SMARTS) is 1. The number of nitrogens with zero attached hydrogens (tertiary/aromatic N) is 2. The lowest BCUT2D eigenvalue weighted by Crippen LogP contribution is -2.15. The first kappa shape index (κ1) is 11.9. The highest BCUT2D eigenvalue weighted by Gasteiger charge is 2.12. The Labute approximate surface area is 102 Å². The molecule has 0 atom stereocenters. The lowest BCUT2D eigenvalue weighted by Gasteiger charge is -2.03. The second-order valence-electron chi connectivity index (χ2n) is 3.42. The summed E-state index contributed by atoms with van der Waals surface area (Å²) in [6.45, 7) is 2.41. The minimum atomic E-state index is -1.28. The third kappa shape index (κ3) is 2.24. The monoisotopic (exact) mass is 249 g/mol. The van der Waals surface area contributed by atoms with E-state index in [0.29, 0.717) is 18.0 Å². The molecule has 7 nitrogen and oxygen atoms in total. The number of rotatable bonds is 4. The first-order chi connectivity index (χ1) is 8.61. The molecular weight excluding hydrogens is 238 g/mol. The molecule has 0 unspecified atom stereocenters. The van der Waals surface area contributed by atoms with Gasteiger partial charge in [0, 0.05) is 0 Å². The third-order valence-corrected chi connectivity index (χ3v) is 2.21. The van der Waals surface area contributed by atoms with E-state index in [0.717, 1.165) is 4.68 Å². The molecule has 7 heteroatoms. The maximum Gasteiger partial charge on any atom is 0.373 e. The molecule has 1 aromatic carbocycles. The Bertz CT molecular complexity index is 612. The van der Waals surface area contributed by atoms with E-state index < -0.39 is 17.5 Å². The van der Waals surface area contributed by atoms with Crippen LogP contribution in [0, 0.1) is 0 Å². The van der Waals surface area contributed by atoms with E-state index in [2.05, 4.69) is 10.1 Å². The van der Waals surface area contributed by atoms with Gasteiger partial charge in [-0.15, -0.1) is 5.10 Å². The van der Waals surface area contributed by atoms with E-state index in [1.54, 1.807) is 24.3 Å². The maximum absolute atomic E-state index is 11.5. The van der Waals surface area contributed by atoms with Crippen LogP contribution in [-0.2, 0) is 0 Å². The number of hydrogen-bond acceptors (Lipinski definition) is 4. The Balaban J connectivity index is 2.36. The van der Waals surface area contributed by atoms with E-state index in [-0.39, 0.29) is 0 Å². The van der Waals surface area contributed by atoms with Crippen molar-refractivity contribution in [1.82, 2.24) is 14.8 Å². The number of aromatic carboxylic acids is 1. The molecule has 0 saturated heterocycles. The average molecular weight is 249 g/mol. The molecule has 0 saturated carbocycles. The number of hydrogen-bond donors (Lipinski definition) is 2. The first-order valence-electron chi connectivity index (χ1n) is 5.27. The van der Waals surface area contributed by atoms with Crippen LogP contribution < -0.4 is 10.4 Å². The summed E-state index contributed by atoms with van der Waals surface area (Å²) in [5, 5.41) is 12.4. The van der Waals surface area contributed by atoms with Gasteiger partial charge < -0.3 is 9.84 Å². The number of aromatic nitrogens is 3. The minimum Gasteiger partial charge on any atom is -0.494 e. The van der Waals surface area contributed by atoms with Gasteiger partial charge in [0.15, 0.2) is 0 Å². The fourth-order valence-corrected chi connectivity index (χ4v) is 1.45. The molecule has 0 radical (unpaired) electrons. The van der Waals surface area contributed by atoms with Crippen molar-refractivity contribution in [3.63, 3.8) is 0 Å². The fraction of sp³-hybridized carbons (Fsp3) is 0.182. The molecule has 18 heavy (non-hydrogen) atoms. The van der Waals surface area contributed by atoms with E-state index in [4.69, 9.17) is 9.84 Å². The summed E-state index contributed by atoms with van der Waals surface area (Å²) in [5.41, 5.74) is -0.135. The predicted octanol–water partition coefficient (Wildman–Crippen LogP) is 0.657. The van der Waals surface area contributed by atoms with Crippen LogP contribution in [0.5, 0.6) is 5.75 Å². The highest BCUT2D eigenvalue weighted by molar-refractivity contribution is 5.82. The molecule has 0 spiro atoms. The second kappa shape index (κ2) is 4.74. The summed E-state index contributed by atoms with van der Waals surface area (Å²) in [6.07, 6.45) is 0. The van der Waals surface area contributed by atoms with Crippen molar-refractivity contribution in [3.8, 4) is 11.4 Å². The Morgan fingerprint density at radius 1 is 1.44 bits per heavy atom. The number of carboxylic acids is 1. The molecule has 0 aliphatic carbocycles. The van der Waals surface area contributed by atoms with Gasteiger partial charge in [0.2, 0.25) is 5.82 Å². The number of ether oxygens (including phenoxy) is 1. The van der Waals surface area contributed by atoms with Crippen molar-refractivity contribution in [2.24, 2.45) is 0 Å². The summed E-state index contributed by atoms with van der Waals surface area (Å²) in [5.74, 6) is -1.01. The Kier molecular flexibility index (Phi) is 3.13. The van der Waals surface area contributed by atoms with Gasteiger partial charge in [0.05, 0.1) is 12.3 Å².